The van der Waals surface area contributed by atoms with Gasteiger partial charge >= 0.3 is 0 Å². The summed E-state index contributed by atoms with van der Waals surface area (Å²) in [5, 5.41) is 2.60. The van der Waals surface area contributed by atoms with E-state index in [4.69, 9.17) is 19.9 Å². The van der Waals surface area contributed by atoms with E-state index in [9.17, 15) is 14.4 Å². The molecule has 0 saturated carbocycles. The molecule has 2 aromatic carbocycles. The number of ketones is 1. The van der Waals surface area contributed by atoms with Crippen molar-refractivity contribution in [3.63, 3.8) is 0 Å². The van der Waals surface area contributed by atoms with Gasteiger partial charge in [0.1, 0.15) is 5.75 Å². The fraction of sp³-hybridized carbons (Fsp3) is 0.167. The molecule has 0 atom stereocenters. The largest absolute Gasteiger partial charge is 0.483 e. The van der Waals surface area contributed by atoms with Gasteiger partial charge in [-0.15, -0.1) is 0 Å². The zero-order chi connectivity index (χ0) is 18.7. The molecule has 3 N–H and O–H groups in total. The predicted molar refractivity (Wildman–Crippen MR) is 91.7 cm³/mol. The van der Waals surface area contributed by atoms with Gasteiger partial charge in [-0.3, -0.25) is 14.4 Å². The van der Waals surface area contributed by atoms with Crippen molar-refractivity contribution < 1.29 is 28.6 Å². The molecule has 0 unspecified atom stereocenters. The summed E-state index contributed by atoms with van der Waals surface area (Å²) < 4.78 is 15.9. The van der Waals surface area contributed by atoms with Gasteiger partial charge in [0.15, 0.2) is 23.9 Å². The Morgan fingerprint density at radius 1 is 1.12 bits per heavy atom. The van der Waals surface area contributed by atoms with Gasteiger partial charge in [-0.25, -0.2) is 0 Å². The number of fused-ring (bicyclic) bond motifs is 1. The van der Waals surface area contributed by atoms with Gasteiger partial charge < -0.3 is 25.3 Å². The minimum Gasteiger partial charge on any atom is -0.483 e. The lowest BCUT2D eigenvalue weighted by Gasteiger charge is -2.12. The summed E-state index contributed by atoms with van der Waals surface area (Å²) >= 11 is 0. The fourth-order valence-electron chi connectivity index (χ4n) is 2.46. The van der Waals surface area contributed by atoms with Crippen LogP contribution in [-0.2, 0) is 4.79 Å². The van der Waals surface area contributed by atoms with Gasteiger partial charge in [0.2, 0.25) is 6.79 Å². The molecule has 8 nitrogen and oxygen atoms in total. The third-order valence-electron chi connectivity index (χ3n) is 3.68. The molecule has 0 aromatic heterocycles. The lowest BCUT2D eigenvalue weighted by molar-refractivity contribution is -0.118. The Labute approximate surface area is 148 Å². The fourth-order valence-corrected chi connectivity index (χ4v) is 2.46. The van der Waals surface area contributed by atoms with Gasteiger partial charge in [-0.1, -0.05) is 12.1 Å². The average Bonchev–Trinajstić information content (AvgIpc) is 3.06. The molecular formula is C18H16N2O6. The number of ether oxygens (including phenoxy) is 3. The second kappa shape index (κ2) is 7.14. The Hall–Kier alpha value is -3.55. The van der Waals surface area contributed by atoms with Crippen LogP contribution in [0.4, 0.5) is 5.69 Å². The molecule has 1 heterocycles. The predicted octanol–water partition coefficient (Wildman–Crippen LogP) is 1.73. The number of benzene rings is 2. The van der Waals surface area contributed by atoms with Crippen molar-refractivity contribution in [1.29, 1.82) is 0 Å². The van der Waals surface area contributed by atoms with Crippen LogP contribution >= 0.6 is 0 Å². The maximum absolute atomic E-state index is 12.2. The van der Waals surface area contributed by atoms with Crippen LogP contribution in [0, 0.1) is 0 Å². The van der Waals surface area contributed by atoms with Crippen molar-refractivity contribution in [3.05, 3.63) is 47.5 Å². The molecule has 26 heavy (non-hydrogen) atoms. The second-order valence-electron chi connectivity index (χ2n) is 5.50. The van der Waals surface area contributed by atoms with Crippen LogP contribution in [0.2, 0.25) is 0 Å². The molecule has 0 fully saturated rings. The summed E-state index contributed by atoms with van der Waals surface area (Å²) in [7, 11) is 0. The molecule has 1 aliphatic heterocycles. The number of primary amides is 1. The summed E-state index contributed by atoms with van der Waals surface area (Å²) in [6.45, 7) is 1.07. The van der Waals surface area contributed by atoms with Crippen molar-refractivity contribution in [2.24, 2.45) is 5.73 Å². The number of nitrogens with two attached hydrogens (primary N) is 1. The third-order valence-corrected chi connectivity index (χ3v) is 3.68. The van der Waals surface area contributed by atoms with E-state index < -0.39 is 11.8 Å². The summed E-state index contributed by atoms with van der Waals surface area (Å²) in [5.74, 6) is -0.322. The number of amides is 2. The van der Waals surface area contributed by atoms with E-state index in [1.165, 1.54) is 31.2 Å². The van der Waals surface area contributed by atoms with E-state index in [1.54, 1.807) is 12.1 Å². The highest BCUT2D eigenvalue weighted by Gasteiger charge is 2.20. The van der Waals surface area contributed by atoms with Gasteiger partial charge in [0.05, 0.1) is 11.3 Å². The van der Waals surface area contributed by atoms with Crippen LogP contribution in [0.25, 0.3) is 0 Å². The SMILES string of the molecule is CC(=O)c1cc2c(cc1NC(=O)COc1ccccc1C(N)=O)OCO2. The Morgan fingerprint density at radius 3 is 2.50 bits per heavy atom. The van der Waals surface area contributed by atoms with Crippen LogP contribution in [0.15, 0.2) is 36.4 Å². The number of carbonyl (C=O) groups is 3. The number of Topliss-reactive ketones (excluding diaryl/α,β-unsaturated/α-hetero) is 1. The summed E-state index contributed by atoms with van der Waals surface area (Å²) in [4.78, 5) is 35.4. The van der Waals surface area contributed by atoms with Gasteiger partial charge in [0, 0.05) is 11.6 Å². The Morgan fingerprint density at radius 2 is 1.81 bits per heavy atom. The molecule has 8 heteroatoms. The number of para-hydroxylation sites is 1. The molecule has 0 aliphatic carbocycles. The Kier molecular flexibility index (Phi) is 4.74. The summed E-state index contributed by atoms with van der Waals surface area (Å²) in [6, 6.07) is 9.37. The highest BCUT2D eigenvalue weighted by molar-refractivity contribution is 6.05. The maximum Gasteiger partial charge on any atom is 0.262 e. The third kappa shape index (κ3) is 3.59. The number of rotatable bonds is 6. The zero-order valence-electron chi connectivity index (χ0n) is 13.9. The molecular weight excluding hydrogens is 340 g/mol. The van der Waals surface area contributed by atoms with Gasteiger partial charge in [0.25, 0.3) is 11.8 Å². The first-order valence-electron chi connectivity index (χ1n) is 7.72. The van der Waals surface area contributed by atoms with Crippen molar-refractivity contribution in [3.8, 4) is 17.2 Å². The van der Waals surface area contributed by atoms with E-state index >= 15 is 0 Å². The van der Waals surface area contributed by atoms with Crippen molar-refractivity contribution in [2.75, 3.05) is 18.7 Å². The molecule has 0 radical (unpaired) electrons. The first-order chi connectivity index (χ1) is 12.5. The standard InChI is InChI=1S/C18H16N2O6/c1-10(21)12-6-15-16(26-9-25-15)7-13(12)20-17(22)8-24-14-5-3-2-4-11(14)18(19)23/h2-7H,8-9H2,1H3,(H2,19,23)(H,20,22). The number of nitrogens with one attached hydrogen (secondary N) is 1. The van der Waals surface area contributed by atoms with E-state index in [2.05, 4.69) is 5.32 Å². The van der Waals surface area contributed by atoms with E-state index in [1.807, 2.05) is 0 Å². The second-order valence-corrected chi connectivity index (χ2v) is 5.50. The van der Waals surface area contributed by atoms with Crippen molar-refractivity contribution >= 4 is 23.3 Å². The van der Waals surface area contributed by atoms with Crippen molar-refractivity contribution in [2.45, 2.75) is 6.92 Å². The van der Waals surface area contributed by atoms with Crippen LogP contribution < -0.4 is 25.3 Å². The zero-order valence-corrected chi connectivity index (χ0v) is 13.9. The van der Waals surface area contributed by atoms with Crippen LogP contribution in [0.3, 0.4) is 0 Å². The van der Waals surface area contributed by atoms with Crippen LogP contribution in [0.1, 0.15) is 27.6 Å². The lowest BCUT2D eigenvalue weighted by atomic mass is 10.1. The summed E-state index contributed by atoms with van der Waals surface area (Å²) in [6.07, 6.45) is 0. The molecule has 134 valence electrons. The lowest BCUT2D eigenvalue weighted by Crippen LogP contribution is -2.22. The average molecular weight is 356 g/mol. The monoisotopic (exact) mass is 356 g/mol. The van der Waals surface area contributed by atoms with Crippen LogP contribution in [-0.4, -0.2) is 31.0 Å². The highest BCUT2D eigenvalue weighted by Crippen LogP contribution is 2.37. The molecule has 2 amide bonds. The first-order valence-corrected chi connectivity index (χ1v) is 7.72. The van der Waals surface area contributed by atoms with E-state index in [-0.39, 0.29) is 30.5 Å². The minimum atomic E-state index is -0.657. The van der Waals surface area contributed by atoms with Gasteiger partial charge in [-0.05, 0) is 25.1 Å². The first kappa shape index (κ1) is 17.3. The Bertz CT molecular complexity index is 893. The molecule has 1 aliphatic rings. The Balaban J connectivity index is 1.73. The van der Waals surface area contributed by atoms with E-state index in [0.717, 1.165) is 0 Å². The number of hydrogen-bond acceptors (Lipinski definition) is 6. The molecule has 2 aromatic rings. The summed E-state index contributed by atoms with van der Waals surface area (Å²) in [5.41, 5.74) is 6.02. The molecule has 0 spiro atoms. The number of hydrogen-bond donors (Lipinski definition) is 2. The smallest absolute Gasteiger partial charge is 0.262 e. The van der Waals surface area contributed by atoms with Crippen LogP contribution in [0.5, 0.6) is 17.2 Å². The maximum atomic E-state index is 12.2. The number of carbonyl (C=O) groups excluding carboxylic acids is 3. The molecule has 0 saturated heterocycles. The molecule has 3 rings (SSSR count). The highest BCUT2D eigenvalue weighted by atomic mass is 16.7. The minimum absolute atomic E-state index is 0.0527. The van der Waals surface area contributed by atoms with E-state index in [0.29, 0.717) is 22.7 Å². The normalized spacial score (nSPS) is 11.7. The topological polar surface area (TPSA) is 117 Å². The van der Waals surface area contributed by atoms with Crippen molar-refractivity contribution in [1.82, 2.24) is 0 Å². The van der Waals surface area contributed by atoms with Gasteiger partial charge in [-0.2, -0.15) is 0 Å². The molecule has 0 bridgehead atoms. The number of anilines is 1. The quantitative estimate of drug-likeness (QED) is 0.761.